The lowest BCUT2D eigenvalue weighted by atomic mass is 9.75. The number of carbonyl (C=O) groups is 1. The second-order valence-electron chi connectivity index (χ2n) is 8.19. The Kier molecular flexibility index (Phi) is 7.08. The summed E-state index contributed by atoms with van der Waals surface area (Å²) >= 11 is 0. The first-order valence-corrected chi connectivity index (χ1v) is 11.2. The maximum Gasteiger partial charge on any atom is 0.400 e. The molecule has 0 radical (unpaired) electrons. The van der Waals surface area contributed by atoms with Gasteiger partial charge >= 0.3 is 21.3 Å². The molecule has 0 aromatic rings. The Bertz CT molecular complexity index is 664. The molecule has 2 aliphatic rings. The molecule has 0 aliphatic heterocycles. The number of esters is 1. The molecular weight excluding hydrogens is 401 g/mol. The molecule has 0 saturated heterocycles. The van der Waals surface area contributed by atoms with Crippen molar-refractivity contribution >= 4 is 16.1 Å². The SMILES string of the molecule is CCC(O)(CC)CC1CC2CC1CC2C(=O)OCCC(F)C(F)(F)S(=O)(=O)O. The summed E-state index contributed by atoms with van der Waals surface area (Å²) in [5.41, 5.74) is -0.695. The lowest BCUT2D eigenvalue weighted by Gasteiger charge is -2.34. The molecule has 0 heterocycles. The molecule has 2 aliphatic carbocycles. The molecule has 2 bridgehead atoms. The van der Waals surface area contributed by atoms with Gasteiger partial charge in [0.15, 0.2) is 6.17 Å². The number of ether oxygens (including phenoxy) is 1. The quantitative estimate of drug-likeness (QED) is 0.407. The van der Waals surface area contributed by atoms with E-state index in [1.165, 1.54) is 0 Å². The second kappa shape index (κ2) is 8.47. The monoisotopic (exact) mass is 430 g/mol. The molecular formula is C18H29F3O6S. The Morgan fingerprint density at radius 1 is 1.18 bits per heavy atom. The minimum absolute atomic E-state index is 0.0981. The van der Waals surface area contributed by atoms with Gasteiger partial charge < -0.3 is 9.84 Å². The number of halogens is 3. The van der Waals surface area contributed by atoms with E-state index in [9.17, 15) is 31.5 Å². The van der Waals surface area contributed by atoms with Crippen LogP contribution in [0.5, 0.6) is 0 Å². The zero-order valence-electron chi connectivity index (χ0n) is 16.1. The van der Waals surface area contributed by atoms with Crippen molar-refractivity contribution in [1.82, 2.24) is 0 Å². The van der Waals surface area contributed by atoms with Crippen molar-refractivity contribution < 1.29 is 40.8 Å². The van der Waals surface area contributed by atoms with E-state index in [4.69, 9.17) is 9.29 Å². The zero-order chi connectivity index (χ0) is 21.3. The van der Waals surface area contributed by atoms with Gasteiger partial charge in [-0.1, -0.05) is 13.8 Å². The van der Waals surface area contributed by atoms with Crippen molar-refractivity contribution in [1.29, 1.82) is 0 Å². The van der Waals surface area contributed by atoms with Crippen molar-refractivity contribution in [3.05, 3.63) is 0 Å². The average molecular weight is 430 g/mol. The second-order valence-corrected chi connectivity index (χ2v) is 9.68. The smallest absolute Gasteiger partial charge is 0.400 e. The van der Waals surface area contributed by atoms with Crippen molar-refractivity contribution in [2.45, 2.75) is 75.8 Å². The van der Waals surface area contributed by atoms with Crippen LogP contribution in [0.25, 0.3) is 0 Å². The summed E-state index contributed by atoms with van der Waals surface area (Å²) in [6, 6.07) is 0. The highest BCUT2D eigenvalue weighted by Crippen LogP contribution is 2.54. The van der Waals surface area contributed by atoms with Crippen LogP contribution in [0, 0.1) is 23.7 Å². The van der Waals surface area contributed by atoms with Crippen LogP contribution in [0.3, 0.4) is 0 Å². The lowest BCUT2D eigenvalue weighted by molar-refractivity contribution is -0.151. The van der Waals surface area contributed by atoms with Crippen LogP contribution in [0.1, 0.15) is 58.8 Å². The maximum atomic E-state index is 13.4. The third kappa shape index (κ3) is 4.81. The van der Waals surface area contributed by atoms with E-state index in [2.05, 4.69) is 0 Å². The van der Waals surface area contributed by atoms with Gasteiger partial charge in [-0.2, -0.15) is 17.2 Å². The van der Waals surface area contributed by atoms with E-state index in [-0.39, 0.29) is 11.8 Å². The fraction of sp³-hybridized carbons (Fsp3) is 0.944. The summed E-state index contributed by atoms with van der Waals surface area (Å²) in [4.78, 5) is 12.2. The predicted octanol–water partition coefficient (Wildman–Crippen LogP) is 3.34. The number of hydrogen-bond acceptors (Lipinski definition) is 5. The molecule has 6 nitrogen and oxygen atoms in total. The van der Waals surface area contributed by atoms with Crippen LogP contribution in [0.2, 0.25) is 0 Å². The summed E-state index contributed by atoms with van der Waals surface area (Å²) in [5.74, 6) is -0.235. The molecule has 28 heavy (non-hydrogen) atoms. The highest BCUT2D eigenvalue weighted by Gasteiger charge is 2.53. The van der Waals surface area contributed by atoms with E-state index >= 15 is 0 Å². The van der Waals surface area contributed by atoms with E-state index in [1.807, 2.05) is 13.8 Å². The Hall–Kier alpha value is -0.870. The molecule has 5 unspecified atom stereocenters. The Labute approximate surface area is 163 Å². The third-order valence-corrected chi connectivity index (χ3v) is 7.53. The molecule has 2 saturated carbocycles. The van der Waals surface area contributed by atoms with E-state index in [1.54, 1.807) is 0 Å². The minimum atomic E-state index is -5.87. The molecule has 5 atom stereocenters. The van der Waals surface area contributed by atoms with Crippen molar-refractivity contribution in [3.8, 4) is 0 Å². The number of fused-ring (bicyclic) bond motifs is 2. The van der Waals surface area contributed by atoms with Crippen LogP contribution in [0.15, 0.2) is 0 Å². The summed E-state index contributed by atoms with van der Waals surface area (Å²) in [7, 11) is -5.87. The number of hydrogen-bond donors (Lipinski definition) is 2. The summed E-state index contributed by atoms with van der Waals surface area (Å²) in [6.07, 6.45) is 0.0697. The fourth-order valence-corrected chi connectivity index (χ4v) is 5.10. The third-order valence-electron chi connectivity index (χ3n) is 6.59. The van der Waals surface area contributed by atoms with Gasteiger partial charge in [-0.15, -0.1) is 0 Å². The van der Waals surface area contributed by atoms with Crippen molar-refractivity contribution in [2.75, 3.05) is 6.61 Å². The number of carbonyl (C=O) groups excluding carboxylic acids is 1. The summed E-state index contributed by atoms with van der Waals surface area (Å²) in [5, 5.41) is 5.60. The molecule has 0 amide bonds. The molecule has 2 rings (SSSR count). The maximum absolute atomic E-state index is 13.4. The molecule has 0 aromatic carbocycles. The number of rotatable bonds is 10. The van der Waals surface area contributed by atoms with Gasteiger partial charge in [-0.25, -0.2) is 4.39 Å². The van der Waals surface area contributed by atoms with Crippen molar-refractivity contribution in [3.63, 3.8) is 0 Å². The van der Waals surface area contributed by atoms with Crippen molar-refractivity contribution in [2.24, 2.45) is 23.7 Å². The zero-order valence-corrected chi connectivity index (χ0v) is 16.9. The summed E-state index contributed by atoms with van der Waals surface area (Å²) in [6.45, 7) is 3.20. The van der Waals surface area contributed by atoms with E-state index < -0.39 is 46.1 Å². The first-order valence-electron chi connectivity index (χ1n) is 9.72. The van der Waals surface area contributed by atoms with E-state index in [0.717, 1.165) is 12.8 Å². The normalized spacial score (nSPS) is 29.1. The van der Waals surface area contributed by atoms with Gasteiger partial charge in [0.2, 0.25) is 0 Å². The Morgan fingerprint density at radius 2 is 1.79 bits per heavy atom. The topological polar surface area (TPSA) is 101 Å². The van der Waals surface area contributed by atoms with Crippen LogP contribution in [0.4, 0.5) is 13.2 Å². The molecule has 0 aromatic heterocycles. The first kappa shape index (κ1) is 23.4. The summed E-state index contributed by atoms with van der Waals surface area (Å²) < 4.78 is 74.0. The lowest BCUT2D eigenvalue weighted by Crippen LogP contribution is -2.39. The largest absolute Gasteiger partial charge is 0.465 e. The van der Waals surface area contributed by atoms with Gasteiger partial charge in [0.05, 0.1) is 18.1 Å². The molecule has 2 N–H and O–H groups in total. The van der Waals surface area contributed by atoms with Gasteiger partial charge in [0.1, 0.15) is 0 Å². The van der Waals surface area contributed by atoms with Gasteiger partial charge in [-0.05, 0) is 56.3 Å². The number of aliphatic hydroxyl groups is 1. The van der Waals surface area contributed by atoms with Gasteiger partial charge in [0.25, 0.3) is 0 Å². The fourth-order valence-electron chi connectivity index (χ4n) is 4.66. The molecule has 2 fully saturated rings. The average Bonchev–Trinajstić information content (AvgIpc) is 3.20. The van der Waals surface area contributed by atoms with Gasteiger partial charge in [-0.3, -0.25) is 9.35 Å². The molecule has 10 heteroatoms. The van der Waals surface area contributed by atoms with Crippen LogP contribution in [-0.4, -0.2) is 47.7 Å². The van der Waals surface area contributed by atoms with Crippen LogP contribution in [-0.2, 0) is 19.6 Å². The minimum Gasteiger partial charge on any atom is -0.465 e. The van der Waals surface area contributed by atoms with Gasteiger partial charge in [0, 0.05) is 6.42 Å². The standard InChI is InChI=1S/C18H29F3O6S/c1-3-17(23,4-2)10-13-8-12-7-11(13)9-14(12)16(22)27-6-5-15(19)18(20,21)28(24,25)26/h11-15,23H,3-10H2,1-2H3,(H,24,25,26). The van der Waals surface area contributed by atoms with E-state index in [0.29, 0.717) is 37.5 Å². The highest BCUT2D eigenvalue weighted by atomic mass is 32.2. The van der Waals surface area contributed by atoms with Crippen LogP contribution >= 0.6 is 0 Å². The molecule has 0 spiro atoms. The Morgan fingerprint density at radius 3 is 2.25 bits per heavy atom. The Balaban J connectivity index is 1.81. The highest BCUT2D eigenvalue weighted by molar-refractivity contribution is 7.86. The molecule has 164 valence electrons. The predicted molar refractivity (Wildman–Crippen MR) is 94.9 cm³/mol. The van der Waals surface area contributed by atoms with Crippen LogP contribution < -0.4 is 0 Å². The first-order chi connectivity index (χ1) is 12.8. The number of alkyl halides is 3.